The van der Waals surface area contributed by atoms with Gasteiger partial charge in [-0.3, -0.25) is 0 Å². The van der Waals surface area contributed by atoms with Crippen LogP contribution in [0.3, 0.4) is 0 Å². The van der Waals surface area contributed by atoms with E-state index in [4.69, 9.17) is 0 Å². The van der Waals surface area contributed by atoms with E-state index in [-0.39, 0.29) is 3.34 Å². The molecule has 0 fully saturated rings. The molecule has 0 amide bonds. The maximum absolute atomic E-state index is 2.51. The second-order valence-electron chi connectivity index (χ2n) is 8.10. The third kappa shape index (κ3) is 2.83. The Hall–Kier alpha value is -1.93. The molecular weight excluding hydrogens is 400 g/mol. The van der Waals surface area contributed by atoms with Gasteiger partial charge in [0.1, 0.15) is 0 Å². The van der Waals surface area contributed by atoms with Crippen molar-refractivity contribution in [3.8, 4) is 0 Å². The van der Waals surface area contributed by atoms with Gasteiger partial charge in [-0.05, 0) is 0 Å². The van der Waals surface area contributed by atoms with E-state index in [1.807, 2.05) is 0 Å². The molecule has 3 aromatic carbocycles. The van der Waals surface area contributed by atoms with E-state index in [0.717, 1.165) is 0 Å². The summed E-state index contributed by atoms with van der Waals surface area (Å²) >= 11 is 2.51. The van der Waals surface area contributed by atoms with Gasteiger partial charge in [-0.1, -0.05) is 0 Å². The van der Waals surface area contributed by atoms with E-state index in [1.54, 1.807) is 0 Å². The van der Waals surface area contributed by atoms with Crippen LogP contribution in [0.25, 0.3) is 0 Å². The average molecular weight is 427 g/mol. The molecule has 29 heavy (non-hydrogen) atoms. The Morgan fingerprint density at radius 3 is 1.07 bits per heavy atom. The second kappa shape index (κ2) is 7.72. The van der Waals surface area contributed by atoms with Crippen molar-refractivity contribution in [2.24, 2.45) is 0 Å². The molecule has 0 spiro atoms. The van der Waals surface area contributed by atoms with Crippen LogP contribution in [0.15, 0.2) is 113 Å². The summed E-state index contributed by atoms with van der Waals surface area (Å²) in [5, 5.41) is 4.42. The standard InChI is InChI=1S/C27H27Si.Ti/c1-20-21(2)23(4)27(22(20)3)28(24-14-8-5-9-15-24,25-16-10-6-11-17-25)26-18-12-7-13-19-26;/h5-19H,1-4H3;. The molecule has 0 radical (unpaired) electrons. The second-order valence-corrected chi connectivity index (χ2v) is 14.0. The fourth-order valence-corrected chi connectivity index (χ4v) is 13.7. The summed E-state index contributed by atoms with van der Waals surface area (Å²) in [5.74, 6) is 0. The molecule has 0 heterocycles. The summed E-state index contributed by atoms with van der Waals surface area (Å²) in [5.41, 5.74) is 5.97. The van der Waals surface area contributed by atoms with Gasteiger partial charge in [0.05, 0.1) is 0 Å². The number of allylic oxidation sites excluding steroid dienone is 4. The van der Waals surface area contributed by atoms with Crippen molar-refractivity contribution >= 4 is 23.6 Å². The Bertz CT molecular complexity index is 958. The Morgan fingerprint density at radius 1 is 0.517 bits per heavy atom. The first-order chi connectivity index (χ1) is 14.0. The first kappa shape index (κ1) is 20.3. The van der Waals surface area contributed by atoms with Gasteiger partial charge in [-0.15, -0.1) is 0 Å². The van der Waals surface area contributed by atoms with E-state index in [1.165, 1.54) is 37.9 Å². The van der Waals surface area contributed by atoms with Crippen molar-refractivity contribution in [2.75, 3.05) is 0 Å². The molecule has 0 N–H and O–H groups in total. The normalized spacial score (nSPS) is 16.4. The topological polar surface area (TPSA) is 0 Å². The molecule has 3 aromatic rings. The van der Waals surface area contributed by atoms with Gasteiger partial charge < -0.3 is 0 Å². The van der Waals surface area contributed by atoms with E-state index in [2.05, 4.69) is 139 Å². The summed E-state index contributed by atoms with van der Waals surface area (Å²) < 4.78 is -0.0226. The zero-order valence-corrected chi connectivity index (χ0v) is 20.2. The predicted molar refractivity (Wildman–Crippen MR) is 123 cm³/mol. The molecule has 0 saturated carbocycles. The van der Waals surface area contributed by atoms with E-state index >= 15 is 0 Å². The van der Waals surface area contributed by atoms with Gasteiger partial charge in [0.15, 0.2) is 0 Å². The molecular formula is C27H27SiTi. The molecule has 0 unspecified atom stereocenters. The molecule has 0 bridgehead atoms. The first-order valence-corrected chi connectivity index (χ1v) is 13.0. The van der Waals surface area contributed by atoms with Crippen LogP contribution in [0.1, 0.15) is 27.7 Å². The van der Waals surface area contributed by atoms with Crippen molar-refractivity contribution in [2.45, 2.75) is 31.0 Å². The minimum absolute atomic E-state index is 0.0226. The van der Waals surface area contributed by atoms with Crippen molar-refractivity contribution in [1.82, 2.24) is 0 Å². The molecule has 2 heteroatoms. The van der Waals surface area contributed by atoms with Gasteiger partial charge in [0.25, 0.3) is 0 Å². The zero-order chi connectivity index (χ0) is 20.6. The zero-order valence-electron chi connectivity index (χ0n) is 17.7. The van der Waals surface area contributed by atoms with E-state index in [0.29, 0.717) is 0 Å². The maximum atomic E-state index is 2.51. The fourth-order valence-electron chi connectivity index (χ4n) is 5.18. The average Bonchev–Trinajstić information content (AvgIpc) is 2.93. The molecule has 0 aliphatic heterocycles. The van der Waals surface area contributed by atoms with Crippen molar-refractivity contribution < 1.29 is 20.4 Å². The number of hydrogen-bond donors (Lipinski definition) is 0. The third-order valence-corrected chi connectivity index (χ3v) is 15.4. The molecule has 1 aliphatic carbocycles. The summed E-state index contributed by atoms with van der Waals surface area (Å²) in [7, 11) is -2.44. The van der Waals surface area contributed by atoms with Crippen LogP contribution < -0.4 is 15.6 Å². The Kier molecular flexibility index (Phi) is 5.42. The van der Waals surface area contributed by atoms with Gasteiger partial charge in [-0.2, -0.15) is 0 Å². The van der Waals surface area contributed by atoms with Crippen LogP contribution in [0.5, 0.6) is 0 Å². The molecule has 0 aromatic heterocycles. The van der Waals surface area contributed by atoms with Crippen molar-refractivity contribution in [1.29, 1.82) is 0 Å². The van der Waals surface area contributed by atoms with Gasteiger partial charge in [-0.25, -0.2) is 0 Å². The SMILES string of the molecule is CC1=C(C)[C]([Ti])([Si](c2ccccc2)(c2ccccc2)c2ccccc2)C(C)=C1C. The minimum atomic E-state index is -2.44. The van der Waals surface area contributed by atoms with Crippen molar-refractivity contribution in [3.05, 3.63) is 113 Å². The van der Waals surface area contributed by atoms with Gasteiger partial charge in [0, 0.05) is 0 Å². The molecule has 4 rings (SSSR count). The molecule has 0 nitrogen and oxygen atoms in total. The van der Waals surface area contributed by atoms with Crippen molar-refractivity contribution in [3.63, 3.8) is 0 Å². The monoisotopic (exact) mass is 427 g/mol. The molecule has 143 valence electrons. The third-order valence-electron chi connectivity index (χ3n) is 7.00. The number of benzene rings is 3. The summed E-state index contributed by atoms with van der Waals surface area (Å²) in [6.45, 7) is 9.34. The van der Waals surface area contributed by atoms with Crippen LogP contribution in [-0.2, 0) is 20.4 Å². The summed E-state index contributed by atoms with van der Waals surface area (Å²) in [6.07, 6.45) is 0. The Morgan fingerprint density at radius 2 is 0.793 bits per heavy atom. The van der Waals surface area contributed by atoms with Gasteiger partial charge in [0.2, 0.25) is 0 Å². The van der Waals surface area contributed by atoms with E-state index < -0.39 is 8.07 Å². The van der Waals surface area contributed by atoms with Crippen LogP contribution in [0.4, 0.5) is 0 Å². The van der Waals surface area contributed by atoms with Gasteiger partial charge >= 0.3 is 188 Å². The molecule has 0 saturated heterocycles. The van der Waals surface area contributed by atoms with E-state index in [9.17, 15) is 0 Å². The molecule has 0 atom stereocenters. The summed E-state index contributed by atoms with van der Waals surface area (Å²) in [6, 6.07) is 33.8. The summed E-state index contributed by atoms with van der Waals surface area (Å²) in [4.78, 5) is 0. The predicted octanol–water partition coefficient (Wildman–Crippen LogP) is 5.09. The van der Waals surface area contributed by atoms with Crippen LogP contribution >= 0.6 is 0 Å². The first-order valence-electron chi connectivity index (χ1n) is 10.2. The van der Waals surface area contributed by atoms with Crippen LogP contribution in [0, 0.1) is 0 Å². The van der Waals surface area contributed by atoms with Crippen LogP contribution in [-0.4, -0.2) is 8.07 Å². The van der Waals surface area contributed by atoms with Crippen LogP contribution in [0.2, 0.25) is 3.34 Å². The Labute approximate surface area is 187 Å². The quantitative estimate of drug-likeness (QED) is 0.402. The fraction of sp³-hybridized carbons (Fsp3) is 0.185. The number of rotatable bonds is 4. The number of hydrogen-bond acceptors (Lipinski definition) is 0. The molecule has 1 aliphatic rings. The Balaban J connectivity index is 2.22.